The third-order valence-corrected chi connectivity index (χ3v) is 6.07. The number of para-hydroxylation sites is 2. The van der Waals surface area contributed by atoms with Gasteiger partial charge in [0.15, 0.2) is 0 Å². The molecule has 1 aromatic heterocycles. The zero-order valence-corrected chi connectivity index (χ0v) is 18.1. The van der Waals surface area contributed by atoms with Gasteiger partial charge in [-0.25, -0.2) is 0 Å². The largest absolute Gasteiger partial charge is 0.497 e. The highest BCUT2D eigenvalue weighted by atomic mass is 32.2. The molecule has 7 nitrogen and oxygen atoms in total. The Kier molecular flexibility index (Phi) is 6.18. The third kappa shape index (κ3) is 4.39. The minimum absolute atomic E-state index is 0.0701. The number of amides is 2. The average molecular weight is 438 g/mol. The highest BCUT2D eigenvalue weighted by molar-refractivity contribution is 7.99. The number of hydrogen-bond acceptors (Lipinski definition) is 5. The molecule has 0 atom stereocenters. The number of carbonyl (C=O) groups excluding carboxylic acids is 2. The van der Waals surface area contributed by atoms with Crippen LogP contribution >= 0.6 is 11.8 Å². The van der Waals surface area contributed by atoms with Gasteiger partial charge in [0.1, 0.15) is 18.0 Å². The second kappa shape index (κ2) is 9.18. The summed E-state index contributed by atoms with van der Waals surface area (Å²) in [5.41, 5.74) is 2.37. The van der Waals surface area contributed by atoms with Crippen LogP contribution in [0, 0.1) is 0 Å². The number of nitrogens with zero attached hydrogens (tertiary/aromatic N) is 2. The van der Waals surface area contributed by atoms with Gasteiger partial charge in [-0.3, -0.25) is 9.59 Å². The zero-order chi connectivity index (χ0) is 21.8. The number of benzene rings is 2. The number of hydrogen-bond donors (Lipinski definition) is 1. The van der Waals surface area contributed by atoms with Crippen molar-refractivity contribution in [2.24, 2.45) is 0 Å². The topological polar surface area (TPSA) is 72.8 Å². The molecule has 2 aromatic carbocycles. The van der Waals surface area contributed by atoms with Crippen LogP contribution in [-0.2, 0) is 16.1 Å². The fourth-order valence-corrected chi connectivity index (χ4v) is 4.41. The summed E-state index contributed by atoms with van der Waals surface area (Å²) in [6, 6.07) is 17.0. The molecule has 0 saturated heterocycles. The van der Waals surface area contributed by atoms with E-state index in [9.17, 15) is 9.59 Å². The Balaban J connectivity index is 1.54. The molecular weight excluding hydrogens is 414 g/mol. The van der Waals surface area contributed by atoms with Gasteiger partial charge in [-0.2, -0.15) is 0 Å². The molecule has 0 saturated carbocycles. The quantitative estimate of drug-likeness (QED) is 0.641. The number of fused-ring (bicyclic) bond motifs is 3. The molecule has 1 aliphatic rings. The van der Waals surface area contributed by atoms with E-state index in [4.69, 9.17) is 9.47 Å². The van der Waals surface area contributed by atoms with Crippen molar-refractivity contribution in [2.75, 3.05) is 31.4 Å². The van der Waals surface area contributed by atoms with Gasteiger partial charge in [0, 0.05) is 18.3 Å². The summed E-state index contributed by atoms with van der Waals surface area (Å²) in [6.45, 7) is 0.193. The van der Waals surface area contributed by atoms with Crippen LogP contribution in [0.4, 0.5) is 5.69 Å². The van der Waals surface area contributed by atoms with E-state index in [0.29, 0.717) is 17.2 Å². The van der Waals surface area contributed by atoms with Crippen LogP contribution in [0.5, 0.6) is 11.5 Å². The summed E-state index contributed by atoms with van der Waals surface area (Å²) in [7, 11) is 3.17. The van der Waals surface area contributed by atoms with Crippen LogP contribution in [0.25, 0.3) is 5.69 Å². The summed E-state index contributed by atoms with van der Waals surface area (Å²) in [5.74, 6) is 1.23. The molecule has 8 heteroatoms. The van der Waals surface area contributed by atoms with Crippen molar-refractivity contribution in [3.8, 4) is 17.2 Å². The van der Waals surface area contributed by atoms with Crippen LogP contribution < -0.4 is 19.7 Å². The monoisotopic (exact) mass is 437 g/mol. The summed E-state index contributed by atoms with van der Waals surface area (Å²) >= 11 is 1.46. The summed E-state index contributed by atoms with van der Waals surface area (Å²) in [6.07, 6.45) is 1.96. The van der Waals surface area contributed by atoms with Gasteiger partial charge in [0.25, 0.3) is 0 Å². The summed E-state index contributed by atoms with van der Waals surface area (Å²) in [5, 5.41) is 3.89. The van der Waals surface area contributed by atoms with Crippen LogP contribution in [0.3, 0.4) is 0 Å². The molecule has 2 amide bonds. The number of rotatable bonds is 6. The minimum Gasteiger partial charge on any atom is -0.497 e. The van der Waals surface area contributed by atoms with Gasteiger partial charge in [0.2, 0.25) is 11.8 Å². The maximum Gasteiger partial charge on any atom is 0.240 e. The van der Waals surface area contributed by atoms with E-state index in [1.54, 1.807) is 31.3 Å². The first-order chi connectivity index (χ1) is 15.1. The van der Waals surface area contributed by atoms with Crippen molar-refractivity contribution in [1.29, 1.82) is 0 Å². The predicted octanol–water partition coefficient (Wildman–Crippen LogP) is 3.25. The average Bonchev–Trinajstić information content (AvgIpc) is 3.26. The Morgan fingerprint density at radius 2 is 1.87 bits per heavy atom. The van der Waals surface area contributed by atoms with E-state index in [1.807, 2.05) is 53.2 Å². The summed E-state index contributed by atoms with van der Waals surface area (Å²) in [4.78, 5) is 27.3. The lowest BCUT2D eigenvalue weighted by Crippen LogP contribution is -2.42. The number of aromatic nitrogens is 1. The molecule has 0 unspecified atom stereocenters. The van der Waals surface area contributed by atoms with Crippen molar-refractivity contribution in [3.63, 3.8) is 0 Å². The van der Waals surface area contributed by atoms with E-state index >= 15 is 0 Å². The second-order valence-electron chi connectivity index (χ2n) is 6.93. The van der Waals surface area contributed by atoms with Gasteiger partial charge >= 0.3 is 0 Å². The molecule has 0 fully saturated rings. The fourth-order valence-electron chi connectivity index (χ4n) is 3.51. The number of nitrogens with one attached hydrogen (secondary N) is 1. The number of methoxy groups -OCH3 is 2. The molecule has 0 radical (unpaired) electrons. The van der Waals surface area contributed by atoms with Crippen molar-refractivity contribution in [1.82, 2.24) is 9.88 Å². The zero-order valence-electron chi connectivity index (χ0n) is 17.3. The Morgan fingerprint density at radius 1 is 1.06 bits per heavy atom. The lowest BCUT2D eigenvalue weighted by atomic mass is 10.2. The van der Waals surface area contributed by atoms with Crippen molar-refractivity contribution in [2.45, 2.75) is 11.6 Å². The van der Waals surface area contributed by atoms with Gasteiger partial charge in [-0.05, 0) is 42.5 Å². The second-order valence-corrected chi connectivity index (χ2v) is 7.92. The molecule has 0 spiro atoms. The SMILES string of the molecule is COc1ccc(OC)c(CNC(=O)CN2C(=O)CSc3cccn3-c3ccccc32)c1. The maximum atomic E-state index is 12.9. The van der Waals surface area contributed by atoms with Gasteiger partial charge in [-0.1, -0.05) is 23.9 Å². The van der Waals surface area contributed by atoms with Crippen LogP contribution in [0.15, 0.2) is 65.8 Å². The molecule has 1 aliphatic heterocycles. The van der Waals surface area contributed by atoms with Gasteiger partial charge in [-0.15, -0.1) is 0 Å². The van der Waals surface area contributed by atoms with E-state index < -0.39 is 0 Å². The van der Waals surface area contributed by atoms with E-state index in [2.05, 4.69) is 5.32 Å². The molecule has 160 valence electrons. The Hall–Kier alpha value is -3.39. The Labute approximate surface area is 184 Å². The first kappa shape index (κ1) is 20.9. The van der Waals surface area contributed by atoms with Gasteiger partial charge < -0.3 is 24.3 Å². The first-order valence-electron chi connectivity index (χ1n) is 9.78. The molecule has 2 heterocycles. The van der Waals surface area contributed by atoms with Crippen molar-refractivity contribution in [3.05, 3.63) is 66.4 Å². The molecule has 3 aromatic rings. The van der Waals surface area contributed by atoms with Crippen molar-refractivity contribution < 1.29 is 19.1 Å². The fraction of sp³-hybridized carbons (Fsp3) is 0.217. The van der Waals surface area contributed by atoms with Crippen LogP contribution in [0.1, 0.15) is 5.56 Å². The van der Waals surface area contributed by atoms with E-state index in [0.717, 1.165) is 16.3 Å². The molecule has 4 rings (SSSR count). The molecular formula is C23H23N3O4S. The lowest BCUT2D eigenvalue weighted by molar-refractivity contribution is -0.123. The number of anilines is 1. The normalized spacial score (nSPS) is 13.0. The van der Waals surface area contributed by atoms with E-state index in [1.165, 1.54) is 11.8 Å². The molecule has 1 N–H and O–H groups in total. The van der Waals surface area contributed by atoms with Crippen LogP contribution in [-0.4, -0.2) is 42.9 Å². The third-order valence-electron chi connectivity index (χ3n) is 5.05. The molecule has 31 heavy (non-hydrogen) atoms. The van der Waals surface area contributed by atoms with E-state index in [-0.39, 0.29) is 30.7 Å². The minimum atomic E-state index is -0.258. The highest BCUT2D eigenvalue weighted by Crippen LogP contribution is 2.33. The molecule has 0 bridgehead atoms. The lowest BCUT2D eigenvalue weighted by Gasteiger charge is -2.27. The first-order valence-corrected chi connectivity index (χ1v) is 10.8. The number of ether oxygens (including phenoxy) is 2. The summed E-state index contributed by atoms with van der Waals surface area (Å²) < 4.78 is 12.7. The standard InChI is InChI=1S/C23H23N3O4S/c1-29-17-9-10-20(30-2)16(12-17)13-24-21(27)14-26-19-7-4-3-6-18(19)25-11-5-8-23(25)31-15-22(26)28/h3-12H,13-15H2,1-2H3,(H,24,27). The van der Waals surface area contributed by atoms with Crippen LogP contribution in [0.2, 0.25) is 0 Å². The van der Waals surface area contributed by atoms with Crippen molar-refractivity contribution >= 4 is 29.3 Å². The van der Waals surface area contributed by atoms with Gasteiger partial charge in [0.05, 0.1) is 36.4 Å². The highest BCUT2D eigenvalue weighted by Gasteiger charge is 2.25. The smallest absolute Gasteiger partial charge is 0.240 e. The Bertz CT molecular complexity index is 1110. The maximum absolute atomic E-state index is 12.9. The number of carbonyl (C=O) groups is 2. The Morgan fingerprint density at radius 3 is 2.65 bits per heavy atom. The predicted molar refractivity (Wildman–Crippen MR) is 120 cm³/mol. The number of thioether (sulfide) groups is 1. The molecule has 0 aliphatic carbocycles.